The van der Waals surface area contributed by atoms with Gasteiger partial charge in [-0.15, -0.1) is 0 Å². The quantitative estimate of drug-likeness (QED) is 0.741. The van der Waals surface area contributed by atoms with Gasteiger partial charge in [0, 0.05) is 29.7 Å². The lowest BCUT2D eigenvalue weighted by Crippen LogP contribution is -2.27. The summed E-state index contributed by atoms with van der Waals surface area (Å²) < 4.78 is 8.01. The fourth-order valence-electron chi connectivity index (χ4n) is 3.71. The van der Waals surface area contributed by atoms with Crippen molar-refractivity contribution in [3.63, 3.8) is 0 Å². The molecule has 0 aliphatic heterocycles. The molecule has 4 heteroatoms. The zero-order chi connectivity index (χ0) is 18.7. The summed E-state index contributed by atoms with van der Waals surface area (Å²) in [7, 11) is 1.70. The molecular weight excluding hydrogens is 324 g/mol. The number of likely N-dealkylation sites (N-methyl/N-ethyl adjacent to an activating group) is 1. The third kappa shape index (κ3) is 3.34. The van der Waals surface area contributed by atoms with E-state index in [0.29, 0.717) is 6.42 Å². The molecular formula is C22H28N2O2. The number of nitrogens with zero attached hydrogens (tertiary/aromatic N) is 2. The van der Waals surface area contributed by atoms with Gasteiger partial charge in [-0.1, -0.05) is 26.0 Å². The molecule has 0 bridgehead atoms. The van der Waals surface area contributed by atoms with Crippen LogP contribution in [-0.2, 0) is 11.3 Å². The highest BCUT2D eigenvalue weighted by atomic mass is 16.5. The second-order valence-corrected chi connectivity index (χ2v) is 6.66. The largest absolute Gasteiger partial charge is 0.496 e. The third-order valence-electron chi connectivity index (χ3n) is 5.27. The van der Waals surface area contributed by atoms with E-state index in [2.05, 4.69) is 47.6 Å². The van der Waals surface area contributed by atoms with Gasteiger partial charge in [0.1, 0.15) is 5.75 Å². The maximum Gasteiger partial charge on any atom is 0.156 e. The van der Waals surface area contributed by atoms with Gasteiger partial charge in [0.2, 0.25) is 0 Å². The topological polar surface area (TPSA) is 34.5 Å². The van der Waals surface area contributed by atoms with Crippen LogP contribution in [0, 0.1) is 0 Å². The van der Waals surface area contributed by atoms with Crippen LogP contribution in [0.4, 0.5) is 0 Å². The van der Waals surface area contributed by atoms with Crippen LogP contribution in [0.25, 0.3) is 23.1 Å². The number of hydrogen-bond donors (Lipinski definition) is 0. The summed E-state index contributed by atoms with van der Waals surface area (Å²) >= 11 is 0. The number of ether oxygens (including phenoxy) is 1. The van der Waals surface area contributed by atoms with Crippen molar-refractivity contribution in [1.82, 2.24) is 9.47 Å². The Hall–Kier alpha value is -2.33. The van der Waals surface area contributed by atoms with Gasteiger partial charge < -0.3 is 14.2 Å². The Morgan fingerprint density at radius 2 is 2.04 bits per heavy atom. The van der Waals surface area contributed by atoms with Crippen LogP contribution < -0.4 is 4.74 Å². The molecule has 0 spiro atoms. The average molecular weight is 352 g/mol. The van der Waals surface area contributed by atoms with Gasteiger partial charge in [-0.2, -0.15) is 0 Å². The van der Waals surface area contributed by atoms with Crippen molar-refractivity contribution in [2.24, 2.45) is 0 Å². The smallest absolute Gasteiger partial charge is 0.156 e. The average Bonchev–Trinajstić information content (AvgIpc) is 2.80. The van der Waals surface area contributed by atoms with Gasteiger partial charge in [-0.05, 0) is 56.3 Å². The summed E-state index contributed by atoms with van der Waals surface area (Å²) in [5.41, 5.74) is 4.25. The molecule has 0 saturated carbocycles. The second-order valence-electron chi connectivity index (χ2n) is 6.66. The fourth-order valence-corrected chi connectivity index (χ4v) is 3.71. The first kappa shape index (κ1) is 18.5. The molecule has 1 aromatic heterocycles. The first-order valence-corrected chi connectivity index (χ1v) is 9.40. The number of methoxy groups -OCH3 is 1. The highest BCUT2D eigenvalue weighted by Gasteiger charge is 2.20. The number of fused-ring (bicyclic) bond motifs is 3. The van der Waals surface area contributed by atoms with Crippen molar-refractivity contribution in [2.75, 3.05) is 26.7 Å². The monoisotopic (exact) mass is 352 g/mol. The number of aromatic nitrogens is 1. The van der Waals surface area contributed by atoms with Gasteiger partial charge in [0.15, 0.2) is 5.78 Å². The lowest BCUT2D eigenvalue weighted by molar-refractivity contribution is -0.113. The van der Waals surface area contributed by atoms with Gasteiger partial charge in [-0.3, -0.25) is 4.79 Å². The maximum absolute atomic E-state index is 12.0. The third-order valence-corrected chi connectivity index (χ3v) is 5.27. The van der Waals surface area contributed by atoms with E-state index < -0.39 is 0 Å². The van der Waals surface area contributed by atoms with Crippen molar-refractivity contribution in [3.05, 3.63) is 41.1 Å². The van der Waals surface area contributed by atoms with E-state index in [-0.39, 0.29) is 5.78 Å². The fraction of sp³-hybridized carbons (Fsp3) is 0.409. The Balaban J connectivity index is 2.20. The van der Waals surface area contributed by atoms with E-state index in [9.17, 15) is 4.79 Å². The lowest BCUT2D eigenvalue weighted by atomic mass is 10.0. The molecule has 138 valence electrons. The SMILES string of the molecule is CCN(CC)CCn1c2c(c3c(OC)cccc31)C=C(C(C)=O)CC=C2. The number of benzene rings is 1. The molecule has 1 aliphatic rings. The molecule has 1 aromatic carbocycles. The Labute approximate surface area is 155 Å². The number of Topliss-reactive ketones (excluding diaryl/α,β-unsaturated/α-hetero) is 1. The highest BCUT2D eigenvalue weighted by Crippen LogP contribution is 2.37. The minimum Gasteiger partial charge on any atom is -0.496 e. The van der Waals surface area contributed by atoms with Crippen LogP contribution in [0.5, 0.6) is 5.75 Å². The summed E-state index contributed by atoms with van der Waals surface area (Å²) in [5.74, 6) is 0.983. The zero-order valence-electron chi connectivity index (χ0n) is 16.2. The molecule has 0 N–H and O–H groups in total. The van der Waals surface area contributed by atoms with E-state index in [4.69, 9.17) is 4.74 Å². The van der Waals surface area contributed by atoms with Crippen molar-refractivity contribution < 1.29 is 9.53 Å². The molecule has 26 heavy (non-hydrogen) atoms. The molecule has 1 heterocycles. The molecule has 2 aromatic rings. The van der Waals surface area contributed by atoms with Crippen molar-refractivity contribution >= 4 is 28.8 Å². The van der Waals surface area contributed by atoms with Crippen LogP contribution in [-0.4, -0.2) is 42.0 Å². The molecule has 4 nitrogen and oxygen atoms in total. The number of ketones is 1. The molecule has 0 saturated heterocycles. The molecule has 0 unspecified atom stereocenters. The van der Waals surface area contributed by atoms with E-state index in [1.165, 1.54) is 0 Å². The van der Waals surface area contributed by atoms with Gasteiger partial charge in [0.25, 0.3) is 0 Å². The summed E-state index contributed by atoms with van der Waals surface area (Å²) in [5, 5.41) is 1.09. The standard InChI is InChI=1S/C22H28N2O2/c1-5-23(6-2)13-14-24-19-10-7-9-17(16(3)25)15-18(19)22-20(24)11-8-12-21(22)26-4/h7-8,10-12,15H,5-6,9,13-14H2,1-4H3. The Morgan fingerprint density at radius 1 is 1.27 bits per heavy atom. The Kier molecular flexibility index (Phi) is 5.62. The number of rotatable bonds is 7. The first-order valence-electron chi connectivity index (χ1n) is 9.40. The van der Waals surface area contributed by atoms with E-state index in [1.807, 2.05) is 12.1 Å². The zero-order valence-corrected chi connectivity index (χ0v) is 16.2. The minimum atomic E-state index is 0.126. The van der Waals surface area contributed by atoms with E-state index in [1.54, 1.807) is 14.0 Å². The molecule has 0 amide bonds. The Bertz CT molecular complexity index is 870. The van der Waals surface area contributed by atoms with Crippen LogP contribution in [0.1, 0.15) is 38.4 Å². The van der Waals surface area contributed by atoms with E-state index in [0.717, 1.165) is 59.7 Å². The van der Waals surface area contributed by atoms with Crippen LogP contribution in [0.2, 0.25) is 0 Å². The summed E-state index contributed by atoms with van der Waals surface area (Å²) in [6.45, 7) is 10.0. The first-order chi connectivity index (χ1) is 12.6. The molecule has 3 rings (SSSR count). The number of carbonyl (C=O) groups is 1. The summed E-state index contributed by atoms with van der Waals surface area (Å²) in [4.78, 5) is 14.4. The van der Waals surface area contributed by atoms with Crippen molar-refractivity contribution in [3.8, 4) is 5.75 Å². The highest BCUT2D eigenvalue weighted by molar-refractivity contribution is 6.05. The van der Waals surface area contributed by atoms with Gasteiger partial charge in [0.05, 0.1) is 12.6 Å². The number of allylic oxidation sites excluding steroid dienone is 2. The summed E-state index contributed by atoms with van der Waals surface area (Å²) in [6, 6.07) is 6.17. The number of hydrogen-bond acceptors (Lipinski definition) is 3. The van der Waals surface area contributed by atoms with Crippen LogP contribution in [0.3, 0.4) is 0 Å². The van der Waals surface area contributed by atoms with E-state index >= 15 is 0 Å². The van der Waals surface area contributed by atoms with Crippen LogP contribution >= 0.6 is 0 Å². The van der Waals surface area contributed by atoms with Gasteiger partial charge >= 0.3 is 0 Å². The molecule has 1 aliphatic carbocycles. The van der Waals surface area contributed by atoms with Crippen LogP contribution in [0.15, 0.2) is 29.8 Å². The van der Waals surface area contributed by atoms with Crippen molar-refractivity contribution in [2.45, 2.75) is 33.7 Å². The normalized spacial score (nSPS) is 13.7. The summed E-state index contributed by atoms with van der Waals surface area (Å²) in [6.07, 6.45) is 6.98. The number of carbonyl (C=O) groups excluding carboxylic acids is 1. The second kappa shape index (κ2) is 7.92. The molecule has 0 atom stereocenters. The molecule has 0 fully saturated rings. The predicted molar refractivity (Wildman–Crippen MR) is 109 cm³/mol. The van der Waals surface area contributed by atoms with Gasteiger partial charge in [-0.25, -0.2) is 0 Å². The lowest BCUT2D eigenvalue weighted by Gasteiger charge is -2.19. The predicted octanol–water partition coefficient (Wildman–Crippen LogP) is 4.38. The Morgan fingerprint density at radius 3 is 2.69 bits per heavy atom. The maximum atomic E-state index is 12.0. The van der Waals surface area contributed by atoms with Crippen molar-refractivity contribution in [1.29, 1.82) is 0 Å². The molecule has 0 radical (unpaired) electrons. The minimum absolute atomic E-state index is 0.126.